The van der Waals surface area contributed by atoms with Crippen molar-refractivity contribution in [3.8, 4) is 28.3 Å². The molecule has 270 valence electrons. The SMILES string of the molecule is COc1nc(-c2cccc(-c3cccc(Nc4nc(C(F)(F)F)cc5cnn(C)c(=O)c45)c3Cl)c2Cl)cc2c1CCC2.O=C1NCC2(CCNC2)N1. The third kappa shape index (κ3) is 6.73. The Labute approximate surface area is 305 Å². The molecule has 1 aliphatic carbocycles. The number of fused-ring (bicyclic) bond motifs is 2. The number of rotatable bonds is 5. The van der Waals surface area contributed by atoms with E-state index in [9.17, 15) is 22.8 Å². The molecule has 5 aromatic rings. The number of hydrogen-bond donors (Lipinski definition) is 4. The van der Waals surface area contributed by atoms with Gasteiger partial charge in [0.2, 0.25) is 5.88 Å². The summed E-state index contributed by atoms with van der Waals surface area (Å²) in [5.74, 6) is 0.281. The van der Waals surface area contributed by atoms with Crippen LogP contribution in [0.1, 0.15) is 29.7 Å². The van der Waals surface area contributed by atoms with E-state index in [1.165, 1.54) is 18.8 Å². The number of methoxy groups -OCH3 is 1. The maximum Gasteiger partial charge on any atom is 0.433 e. The Kier molecular flexibility index (Phi) is 9.48. The zero-order valence-corrected chi connectivity index (χ0v) is 29.6. The van der Waals surface area contributed by atoms with Crippen molar-refractivity contribution in [1.82, 2.24) is 35.7 Å². The van der Waals surface area contributed by atoms with Crippen LogP contribution in [-0.4, -0.2) is 58.1 Å². The number of aromatic nitrogens is 4. The van der Waals surface area contributed by atoms with Crippen molar-refractivity contribution in [2.75, 3.05) is 32.1 Å². The van der Waals surface area contributed by atoms with Crippen molar-refractivity contribution in [3.63, 3.8) is 0 Å². The van der Waals surface area contributed by atoms with Gasteiger partial charge in [0, 0.05) is 47.8 Å². The quantitative estimate of drug-likeness (QED) is 0.157. The maximum atomic E-state index is 13.7. The van der Waals surface area contributed by atoms with Gasteiger partial charge >= 0.3 is 12.2 Å². The lowest BCUT2D eigenvalue weighted by molar-refractivity contribution is -0.141. The van der Waals surface area contributed by atoms with Crippen LogP contribution in [0.5, 0.6) is 5.88 Å². The molecule has 0 saturated carbocycles. The maximum absolute atomic E-state index is 13.7. The Morgan fingerprint density at radius 3 is 2.42 bits per heavy atom. The molecule has 2 saturated heterocycles. The predicted octanol–water partition coefficient (Wildman–Crippen LogP) is 6.66. The predicted molar refractivity (Wildman–Crippen MR) is 194 cm³/mol. The van der Waals surface area contributed by atoms with Crippen LogP contribution in [0.15, 0.2) is 59.5 Å². The van der Waals surface area contributed by atoms with Gasteiger partial charge in [-0.3, -0.25) is 4.79 Å². The normalized spacial score (nSPS) is 17.8. The molecule has 2 amide bonds. The highest BCUT2D eigenvalue weighted by atomic mass is 35.5. The average molecular weight is 754 g/mol. The number of pyridine rings is 2. The highest BCUT2D eigenvalue weighted by molar-refractivity contribution is 6.39. The molecule has 1 spiro atoms. The summed E-state index contributed by atoms with van der Waals surface area (Å²) in [5, 5.41) is 16.1. The Morgan fingerprint density at radius 1 is 0.981 bits per heavy atom. The van der Waals surface area contributed by atoms with Gasteiger partial charge in [-0.1, -0.05) is 53.5 Å². The molecule has 0 bridgehead atoms. The summed E-state index contributed by atoms with van der Waals surface area (Å²) in [7, 11) is 2.99. The lowest BCUT2D eigenvalue weighted by atomic mass is 9.99. The number of ether oxygens (including phenoxy) is 1. The lowest BCUT2D eigenvalue weighted by Gasteiger charge is -2.18. The molecule has 11 nitrogen and oxygen atoms in total. The molecule has 2 aromatic carbocycles. The minimum absolute atomic E-state index is 0.0109. The van der Waals surface area contributed by atoms with Gasteiger partial charge in [0.15, 0.2) is 0 Å². The number of nitrogens with zero attached hydrogens (tertiary/aromatic N) is 4. The number of halogens is 5. The zero-order chi connectivity index (χ0) is 36.8. The van der Waals surface area contributed by atoms with Gasteiger partial charge in [-0.25, -0.2) is 19.4 Å². The molecule has 1 unspecified atom stereocenters. The van der Waals surface area contributed by atoms with Crippen molar-refractivity contribution in [2.24, 2.45) is 7.05 Å². The molecule has 52 heavy (non-hydrogen) atoms. The first kappa shape index (κ1) is 35.5. The van der Waals surface area contributed by atoms with E-state index >= 15 is 0 Å². The molecular formula is C36H33Cl2F3N8O3. The molecule has 2 fully saturated rings. The second-order valence-electron chi connectivity index (χ2n) is 12.9. The molecule has 16 heteroatoms. The number of benzene rings is 2. The minimum Gasteiger partial charge on any atom is -0.481 e. The van der Waals surface area contributed by atoms with E-state index in [-0.39, 0.29) is 38.9 Å². The van der Waals surface area contributed by atoms with Crippen LogP contribution >= 0.6 is 23.2 Å². The average Bonchev–Trinajstić information content (AvgIpc) is 3.88. The monoisotopic (exact) mass is 752 g/mol. The number of carbonyl (C=O) groups excluding carboxylic acids is 1. The Hall–Kier alpha value is -4.92. The first-order valence-electron chi connectivity index (χ1n) is 16.5. The second kappa shape index (κ2) is 13.9. The van der Waals surface area contributed by atoms with Gasteiger partial charge in [0.25, 0.3) is 5.56 Å². The van der Waals surface area contributed by atoms with Crippen LogP contribution in [0.3, 0.4) is 0 Å². The number of urea groups is 1. The van der Waals surface area contributed by atoms with Gasteiger partial charge in [-0.2, -0.15) is 18.3 Å². The molecule has 1 atom stereocenters. The van der Waals surface area contributed by atoms with Gasteiger partial charge in [-0.05, 0) is 56.0 Å². The summed E-state index contributed by atoms with van der Waals surface area (Å²) >= 11 is 13.8. The number of anilines is 2. The van der Waals surface area contributed by atoms with Gasteiger partial charge in [-0.15, -0.1) is 0 Å². The topological polar surface area (TPSA) is 135 Å². The summed E-state index contributed by atoms with van der Waals surface area (Å²) in [4.78, 5) is 32.1. The Bertz CT molecular complexity index is 2280. The van der Waals surface area contributed by atoms with Crippen LogP contribution in [0, 0.1) is 0 Å². The summed E-state index contributed by atoms with van der Waals surface area (Å²) < 4.78 is 47.6. The van der Waals surface area contributed by atoms with Crippen LogP contribution in [0.2, 0.25) is 10.0 Å². The number of aryl methyl sites for hydroxylation is 2. The molecule has 4 N–H and O–H groups in total. The standard InChI is InChI=1S/C30H22Cl2F3N5O2.C6H11N3O/c1-40-29(41)24-16(14-36-40)13-23(30(33,34)35)39-27(24)37-21-11-5-9-19(26(21)32)18-8-4-10-20(25(18)31)22-12-15-6-3-7-17(15)28(38-22)42-2;10-5-8-4-6(9-5)1-2-7-3-6/h4-5,8-14H,3,6-7H2,1-2H3,(H,37,39);7H,1-4H2,(H2,8,9,10). The van der Waals surface area contributed by atoms with Crippen molar-refractivity contribution < 1.29 is 22.7 Å². The molecule has 3 aromatic heterocycles. The van der Waals surface area contributed by atoms with Gasteiger partial charge in [0.1, 0.15) is 11.5 Å². The van der Waals surface area contributed by atoms with Crippen molar-refractivity contribution >= 4 is 51.5 Å². The molecule has 8 rings (SSSR count). The summed E-state index contributed by atoms with van der Waals surface area (Å²) in [6.45, 7) is 2.70. The third-order valence-corrected chi connectivity index (χ3v) is 10.3. The van der Waals surface area contributed by atoms with E-state index in [1.54, 1.807) is 31.4 Å². The fourth-order valence-corrected chi connectivity index (χ4v) is 7.42. The van der Waals surface area contributed by atoms with Crippen LogP contribution in [-0.2, 0) is 26.1 Å². The number of amides is 2. The van der Waals surface area contributed by atoms with Gasteiger partial charge in [0.05, 0.1) is 45.7 Å². The summed E-state index contributed by atoms with van der Waals surface area (Å²) in [5.41, 5.74) is 3.22. The van der Waals surface area contributed by atoms with E-state index < -0.39 is 17.4 Å². The summed E-state index contributed by atoms with van der Waals surface area (Å²) in [6, 6.07) is 13.3. The van der Waals surface area contributed by atoms with Crippen LogP contribution in [0.25, 0.3) is 33.2 Å². The Balaban J connectivity index is 0.000000360. The third-order valence-electron chi connectivity index (χ3n) is 9.49. The molecule has 0 radical (unpaired) electrons. The van der Waals surface area contributed by atoms with Crippen LogP contribution < -0.4 is 31.6 Å². The number of hydrogen-bond acceptors (Lipinski definition) is 8. The molecule has 3 aliphatic rings. The van der Waals surface area contributed by atoms with Crippen molar-refractivity contribution in [1.29, 1.82) is 0 Å². The van der Waals surface area contributed by atoms with E-state index in [0.717, 1.165) is 61.6 Å². The molecule has 2 aliphatic heterocycles. The Morgan fingerprint density at radius 2 is 1.73 bits per heavy atom. The molecular weight excluding hydrogens is 720 g/mol. The largest absolute Gasteiger partial charge is 0.481 e. The smallest absolute Gasteiger partial charge is 0.433 e. The lowest BCUT2D eigenvalue weighted by Crippen LogP contribution is -2.45. The fraction of sp³-hybridized carbons (Fsp3) is 0.306. The van der Waals surface area contributed by atoms with E-state index in [0.29, 0.717) is 33.3 Å². The second-order valence-corrected chi connectivity index (χ2v) is 13.6. The van der Waals surface area contributed by atoms with Crippen molar-refractivity contribution in [3.05, 3.63) is 91.9 Å². The number of carbonyl (C=O) groups is 1. The fourth-order valence-electron chi connectivity index (χ4n) is 6.82. The summed E-state index contributed by atoms with van der Waals surface area (Å²) in [6.07, 6.45) is 0.344. The first-order valence-corrected chi connectivity index (χ1v) is 17.3. The van der Waals surface area contributed by atoms with E-state index in [4.69, 9.17) is 32.9 Å². The molecule has 5 heterocycles. The van der Waals surface area contributed by atoms with Gasteiger partial charge < -0.3 is 26.0 Å². The van der Waals surface area contributed by atoms with E-state index in [2.05, 4.69) is 31.3 Å². The first-order chi connectivity index (χ1) is 24.9. The highest BCUT2D eigenvalue weighted by Gasteiger charge is 2.39. The number of nitrogens with one attached hydrogen (secondary N) is 4. The van der Waals surface area contributed by atoms with Crippen molar-refractivity contribution in [2.45, 2.75) is 37.4 Å². The minimum atomic E-state index is -4.75. The number of alkyl halides is 3. The van der Waals surface area contributed by atoms with Crippen LogP contribution in [0.4, 0.5) is 29.5 Å². The highest BCUT2D eigenvalue weighted by Crippen LogP contribution is 2.43. The van der Waals surface area contributed by atoms with E-state index in [1.807, 2.05) is 18.2 Å². The zero-order valence-electron chi connectivity index (χ0n) is 28.0.